The second kappa shape index (κ2) is 22.7. The quantitative estimate of drug-likeness (QED) is 0.0472. The van der Waals surface area contributed by atoms with Gasteiger partial charge in [-0.25, -0.2) is 0 Å². The molecule has 0 radical (unpaired) electrons. The monoisotopic (exact) mass is 692 g/mol. The van der Waals surface area contributed by atoms with Gasteiger partial charge in [0.05, 0.1) is 25.0 Å². The van der Waals surface area contributed by atoms with E-state index in [1.165, 1.54) is 57.8 Å². The van der Waals surface area contributed by atoms with E-state index in [4.69, 9.17) is 19.3 Å². The van der Waals surface area contributed by atoms with E-state index in [-0.39, 0.29) is 12.8 Å². The molecule has 1 aliphatic heterocycles. The third-order valence-corrected chi connectivity index (χ3v) is 9.45. The van der Waals surface area contributed by atoms with Crippen LogP contribution in [-0.4, -0.2) is 127 Å². The van der Waals surface area contributed by atoms with Crippen molar-refractivity contribution in [1.29, 1.82) is 0 Å². The smallest absolute Gasteiger partial charge is 0.306 e. The highest BCUT2D eigenvalue weighted by Gasteiger charge is 2.57. The number of carbonyl (C=O) groups excluding carboxylic acids is 2. The highest BCUT2D eigenvalue weighted by atomic mass is 16.6. The fourth-order valence-corrected chi connectivity index (χ4v) is 6.25. The van der Waals surface area contributed by atoms with Crippen LogP contribution in [-0.2, 0) is 28.6 Å². The highest BCUT2D eigenvalue weighted by molar-refractivity contribution is 5.76. The average molecular weight is 693 g/mol. The van der Waals surface area contributed by atoms with Crippen LogP contribution < -0.4 is 0 Å². The Balaban J connectivity index is 1.65. The molecule has 1 saturated heterocycles. The first-order valence-electron chi connectivity index (χ1n) is 17.8. The van der Waals surface area contributed by atoms with E-state index >= 15 is 0 Å². The average Bonchev–Trinajstić information content (AvgIpc) is 3.86. The van der Waals surface area contributed by atoms with E-state index in [2.05, 4.69) is 6.92 Å². The van der Waals surface area contributed by atoms with Crippen molar-refractivity contribution in [2.45, 2.75) is 171 Å². The van der Waals surface area contributed by atoms with Crippen LogP contribution in [0.3, 0.4) is 0 Å². The fourth-order valence-electron chi connectivity index (χ4n) is 6.25. The van der Waals surface area contributed by atoms with Gasteiger partial charge in [-0.3, -0.25) is 14.4 Å². The SMILES string of the molecule is CCCCCCCCCCCCCCCC(=O)OCC(O)[C@@H](O)[C@H](O)C(O)[C@H]1CC1[C@@H]1O[C@H](COC(=O)CCC(=O)O)[C@H](O)C(O)C1O. The molecule has 14 nitrogen and oxygen atoms in total. The highest BCUT2D eigenvalue weighted by Crippen LogP contribution is 2.49. The predicted molar refractivity (Wildman–Crippen MR) is 171 cm³/mol. The Morgan fingerprint density at radius 3 is 1.79 bits per heavy atom. The lowest BCUT2D eigenvalue weighted by Crippen LogP contribution is -2.59. The summed E-state index contributed by atoms with van der Waals surface area (Å²) in [4.78, 5) is 34.5. The summed E-state index contributed by atoms with van der Waals surface area (Å²) in [5, 5.41) is 81.7. The first-order chi connectivity index (χ1) is 22.9. The van der Waals surface area contributed by atoms with E-state index < -0.39 is 111 Å². The van der Waals surface area contributed by atoms with Crippen molar-refractivity contribution in [3.05, 3.63) is 0 Å². The Bertz CT molecular complexity index is 934. The summed E-state index contributed by atoms with van der Waals surface area (Å²) in [6, 6.07) is 0. The molecule has 280 valence electrons. The van der Waals surface area contributed by atoms with Gasteiger partial charge in [-0.2, -0.15) is 0 Å². The molecule has 0 aromatic carbocycles. The van der Waals surface area contributed by atoms with Crippen molar-refractivity contribution in [3.8, 4) is 0 Å². The Morgan fingerprint density at radius 1 is 0.688 bits per heavy atom. The minimum absolute atomic E-state index is 0.169. The van der Waals surface area contributed by atoms with E-state index in [9.17, 15) is 50.1 Å². The standard InChI is InChI=1S/C34H60O14/c1-2-3-4-5-6-7-8-9-10-11-12-13-14-15-26(38)46-19-23(35)29(41)31(43)28(40)21-18-22(21)34-33(45)32(44)30(42)24(48-34)20-47-27(39)17-16-25(36)37/h21-24,28-35,40-45H,2-20H2,1H3,(H,36,37)/t21-,22?,23?,24+,28?,29+,30-,31+,32?,33?,34-/m0/s1. The molecule has 2 aliphatic rings. The number of esters is 2. The maximum Gasteiger partial charge on any atom is 0.306 e. The van der Waals surface area contributed by atoms with Gasteiger partial charge >= 0.3 is 17.9 Å². The van der Waals surface area contributed by atoms with Crippen LogP contribution in [0.1, 0.15) is 116 Å². The van der Waals surface area contributed by atoms with E-state index in [1.807, 2.05) is 0 Å². The fraction of sp³-hybridized carbons (Fsp3) is 0.912. The number of carbonyl (C=O) groups is 3. The Morgan fingerprint density at radius 2 is 1.23 bits per heavy atom. The van der Waals surface area contributed by atoms with E-state index in [0.717, 1.165) is 19.3 Å². The molecule has 0 bridgehead atoms. The van der Waals surface area contributed by atoms with Gasteiger partial charge in [-0.1, -0.05) is 84.0 Å². The Kier molecular flexibility index (Phi) is 20.0. The molecule has 5 unspecified atom stereocenters. The number of aliphatic hydroxyl groups is 7. The van der Waals surface area contributed by atoms with Gasteiger partial charge in [0.1, 0.15) is 55.9 Å². The van der Waals surface area contributed by atoms with E-state index in [0.29, 0.717) is 6.42 Å². The van der Waals surface area contributed by atoms with Crippen molar-refractivity contribution in [3.63, 3.8) is 0 Å². The van der Waals surface area contributed by atoms with Crippen molar-refractivity contribution in [2.75, 3.05) is 13.2 Å². The molecule has 8 N–H and O–H groups in total. The van der Waals surface area contributed by atoms with Gasteiger partial charge in [0, 0.05) is 6.42 Å². The van der Waals surface area contributed by atoms with Crippen LogP contribution in [0.4, 0.5) is 0 Å². The minimum atomic E-state index is -1.85. The van der Waals surface area contributed by atoms with Crippen molar-refractivity contribution < 1.29 is 69.4 Å². The number of aliphatic hydroxyl groups excluding tert-OH is 7. The number of carboxylic acid groups (broad SMARTS) is 1. The normalized spacial score (nSPS) is 27.9. The summed E-state index contributed by atoms with van der Waals surface area (Å²) in [5.74, 6) is -3.93. The number of hydrogen-bond donors (Lipinski definition) is 8. The lowest BCUT2D eigenvalue weighted by Gasteiger charge is -2.41. The molecule has 11 atom stereocenters. The Hall–Kier alpha value is -1.91. The number of ether oxygens (including phenoxy) is 3. The number of aliphatic carboxylic acids is 1. The molecule has 0 aromatic heterocycles. The summed E-state index contributed by atoms with van der Waals surface area (Å²) in [7, 11) is 0. The second-order valence-corrected chi connectivity index (χ2v) is 13.5. The summed E-state index contributed by atoms with van der Waals surface area (Å²) in [6.45, 7) is 1.13. The molecule has 1 aliphatic carbocycles. The zero-order chi connectivity index (χ0) is 35.6. The van der Waals surface area contributed by atoms with Gasteiger partial charge in [0.2, 0.25) is 0 Å². The van der Waals surface area contributed by atoms with E-state index in [1.54, 1.807) is 0 Å². The summed E-state index contributed by atoms with van der Waals surface area (Å²) < 4.78 is 15.7. The molecule has 0 amide bonds. The minimum Gasteiger partial charge on any atom is -0.481 e. The van der Waals surface area contributed by atoms with Crippen molar-refractivity contribution >= 4 is 17.9 Å². The first-order valence-corrected chi connectivity index (χ1v) is 17.8. The lowest BCUT2D eigenvalue weighted by atomic mass is 9.90. The van der Waals surface area contributed by atoms with Gasteiger partial charge < -0.3 is 55.1 Å². The molecule has 14 heteroatoms. The summed E-state index contributed by atoms with van der Waals surface area (Å²) >= 11 is 0. The topological polar surface area (TPSA) is 241 Å². The molecule has 0 spiro atoms. The molecular formula is C34H60O14. The van der Waals surface area contributed by atoms with Crippen LogP contribution in [0, 0.1) is 11.8 Å². The third-order valence-electron chi connectivity index (χ3n) is 9.45. The van der Waals surface area contributed by atoms with Gasteiger partial charge in [-0.15, -0.1) is 0 Å². The first kappa shape index (κ1) is 42.3. The molecule has 2 fully saturated rings. The molecule has 2 rings (SSSR count). The van der Waals surface area contributed by atoms with Crippen LogP contribution >= 0.6 is 0 Å². The van der Waals surface area contributed by atoms with Gasteiger partial charge in [0.25, 0.3) is 0 Å². The van der Waals surface area contributed by atoms with Gasteiger partial charge in [-0.05, 0) is 24.7 Å². The lowest BCUT2D eigenvalue weighted by molar-refractivity contribution is -0.238. The van der Waals surface area contributed by atoms with Gasteiger partial charge in [0.15, 0.2) is 0 Å². The number of rotatable bonds is 26. The maximum atomic E-state index is 12.1. The molecule has 48 heavy (non-hydrogen) atoms. The maximum absolute atomic E-state index is 12.1. The van der Waals surface area contributed by atoms with Crippen LogP contribution in [0.2, 0.25) is 0 Å². The van der Waals surface area contributed by atoms with Crippen LogP contribution in [0.5, 0.6) is 0 Å². The van der Waals surface area contributed by atoms with Crippen LogP contribution in [0.25, 0.3) is 0 Å². The Labute approximate surface area is 283 Å². The third kappa shape index (κ3) is 14.9. The zero-order valence-corrected chi connectivity index (χ0v) is 28.3. The molecule has 0 aromatic rings. The molecular weight excluding hydrogens is 632 g/mol. The second-order valence-electron chi connectivity index (χ2n) is 13.5. The summed E-state index contributed by atoms with van der Waals surface area (Å²) in [5.41, 5.74) is 0. The number of carboxylic acids is 1. The van der Waals surface area contributed by atoms with Crippen molar-refractivity contribution in [2.24, 2.45) is 11.8 Å². The largest absolute Gasteiger partial charge is 0.481 e. The summed E-state index contributed by atoms with van der Waals surface area (Å²) in [6.07, 6.45) is 0.541. The molecule has 1 heterocycles. The predicted octanol–water partition coefficient (Wildman–Crippen LogP) is 1.35. The number of unbranched alkanes of at least 4 members (excludes halogenated alkanes) is 12. The zero-order valence-electron chi connectivity index (χ0n) is 28.3. The number of hydrogen-bond acceptors (Lipinski definition) is 13. The molecule has 1 saturated carbocycles. The van der Waals surface area contributed by atoms with Crippen molar-refractivity contribution in [1.82, 2.24) is 0 Å². The van der Waals surface area contributed by atoms with Crippen LogP contribution in [0.15, 0.2) is 0 Å².